The van der Waals surface area contributed by atoms with Crippen molar-refractivity contribution < 1.29 is 4.79 Å². The van der Waals surface area contributed by atoms with Gasteiger partial charge in [0, 0.05) is 17.8 Å². The van der Waals surface area contributed by atoms with Gasteiger partial charge in [0.2, 0.25) is 0 Å². The quantitative estimate of drug-likeness (QED) is 0.840. The third-order valence-corrected chi connectivity index (χ3v) is 3.78. The van der Waals surface area contributed by atoms with E-state index in [0.717, 1.165) is 5.56 Å². The van der Waals surface area contributed by atoms with Crippen LogP contribution in [0.5, 0.6) is 0 Å². The number of carbonyl (C=O) groups excluding carboxylic acids is 1. The SMILES string of the molecule is Cc1ccc(CNC(=O)c2ccc(N)cc2)c(C)c1C. The highest BCUT2D eigenvalue weighted by Crippen LogP contribution is 2.17. The zero-order valence-corrected chi connectivity index (χ0v) is 12.2. The van der Waals surface area contributed by atoms with Gasteiger partial charge in [0.25, 0.3) is 5.91 Å². The van der Waals surface area contributed by atoms with Gasteiger partial charge in [0.1, 0.15) is 0 Å². The molecule has 20 heavy (non-hydrogen) atoms. The number of benzene rings is 2. The summed E-state index contributed by atoms with van der Waals surface area (Å²) >= 11 is 0. The predicted octanol–water partition coefficient (Wildman–Crippen LogP) is 3.12. The van der Waals surface area contributed by atoms with Crippen molar-refractivity contribution in [1.29, 1.82) is 0 Å². The summed E-state index contributed by atoms with van der Waals surface area (Å²) in [5.74, 6) is -0.0809. The smallest absolute Gasteiger partial charge is 0.251 e. The van der Waals surface area contributed by atoms with Crippen LogP contribution in [0.25, 0.3) is 0 Å². The molecule has 0 spiro atoms. The summed E-state index contributed by atoms with van der Waals surface area (Å²) in [5, 5.41) is 2.94. The molecule has 0 fully saturated rings. The van der Waals surface area contributed by atoms with E-state index in [0.29, 0.717) is 17.8 Å². The van der Waals surface area contributed by atoms with Gasteiger partial charge in [0.05, 0.1) is 0 Å². The number of nitrogens with one attached hydrogen (secondary N) is 1. The van der Waals surface area contributed by atoms with E-state index in [1.807, 2.05) is 0 Å². The van der Waals surface area contributed by atoms with E-state index in [4.69, 9.17) is 5.73 Å². The van der Waals surface area contributed by atoms with E-state index < -0.39 is 0 Å². The van der Waals surface area contributed by atoms with Crippen molar-refractivity contribution in [3.8, 4) is 0 Å². The first-order valence-corrected chi connectivity index (χ1v) is 6.68. The Hall–Kier alpha value is -2.29. The Balaban J connectivity index is 2.07. The van der Waals surface area contributed by atoms with Crippen LogP contribution in [-0.4, -0.2) is 5.91 Å². The lowest BCUT2D eigenvalue weighted by Crippen LogP contribution is -2.23. The highest BCUT2D eigenvalue weighted by atomic mass is 16.1. The maximum absolute atomic E-state index is 12.0. The van der Waals surface area contributed by atoms with E-state index in [-0.39, 0.29) is 5.91 Å². The van der Waals surface area contributed by atoms with Crippen molar-refractivity contribution in [2.75, 3.05) is 5.73 Å². The summed E-state index contributed by atoms with van der Waals surface area (Å²) in [4.78, 5) is 12.0. The topological polar surface area (TPSA) is 55.1 Å². The van der Waals surface area contributed by atoms with Crippen LogP contribution in [-0.2, 0) is 6.54 Å². The lowest BCUT2D eigenvalue weighted by atomic mass is 9.99. The number of amides is 1. The van der Waals surface area contributed by atoms with Gasteiger partial charge in [-0.15, -0.1) is 0 Å². The van der Waals surface area contributed by atoms with Gasteiger partial charge in [-0.2, -0.15) is 0 Å². The average molecular weight is 268 g/mol. The van der Waals surface area contributed by atoms with Crippen LogP contribution in [0.4, 0.5) is 5.69 Å². The standard InChI is InChI=1S/C17H20N2O/c1-11-4-5-15(13(3)12(11)2)10-19-17(20)14-6-8-16(18)9-7-14/h4-9H,10,18H2,1-3H3,(H,19,20). The number of hydrogen-bond acceptors (Lipinski definition) is 2. The van der Waals surface area contributed by atoms with Crippen molar-refractivity contribution >= 4 is 11.6 Å². The molecular formula is C17H20N2O. The fourth-order valence-corrected chi connectivity index (χ4v) is 2.12. The fraction of sp³-hybridized carbons (Fsp3) is 0.235. The molecular weight excluding hydrogens is 248 g/mol. The summed E-state index contributed by atoms with van der Waals surface area (Å²) in [7, 11) is 0. The van der Waals surface area contributed by atoms with Gasteiger partial charge < -0.3 is 11.1 Å². The first kappa shape index (κ1) is 14.1. The van der Waals surface area contributed by atoms with Gasteiger partial charge in [-0.05, 0) is 67.3 Å². The van der Waals surface area contributed by atoms with Crippen molar-refractivity contribution in [1.82, 2.24) is 5.32 Å². The Kier molecular flexibility index (Phi) is 4.08. The number of aryl methyl sites for hydroxylation is 1. The zero-order chi connectivity index (χ0) is 14.7. The number of hydrogen-bond donors (Lipinski definition) is 2. The second-order valence-electron chi connectivity index (χ2n) is 5.10. The lowest BCUT2D eigenvalue weighted by molar-refractivity contribution is 0.0951. The maximum atomic E-state index is 12.0. The largest absolute Gasteiger partial charge is 0.399 e. The van der Waals surface area contributed by atoms with Crippen LogP contribution in [0, 0.1) is 20.8 Å². The third-order valence-electron chi connectivity index (χ3n) is 3.78. The number of nitrogen functional groups attached to an aromatic ring is 1. The summed E-state index contributed by atoms with van der Waals surface area (Å²) in [6.07, 6.45) is 0. The van der Waals surface area contributed by atoms with Crippen LogP contribution in [0.3, 0.4) is 0 Å². The molecule has 3 nitrogen and oxygen atoms in total. The molecule has 0 bridgehead atoms. The summed E-state index contributed by atoms with van der Waals surface area (Å²) < 4.78 is 0. The molecule has 3 N–H and O–H groups in total. The first-order valence-electron chi connectivity index (χ1n) is 6.68. The first-order chi connectivity index (χ1) is 9.49. The van der Waals surface area contributed by atoms with Gasteiger partial charge >= 0.3 is 0 Å². The minimum atomic E-state index is -0.0809. The molecule has 0 saturated carbocycles. The summed E-state index contributed by atoms with van der Waals surface area (Å²) in [6.45, 7) is 6.83. The van der Waals surface area contributed by atoms with Crippen molar-refractivity contribution in [2.45, 2.75) is 27.3 Å². The van der Waals surface area contributed by atoms with Gasteiger partial charge in [-0.1, -0.05) is 12.1 Å². The number of carbonyl (C=O) groups is 1. The minimum absolute atomic E-state index is 0.0809. The molecule has 2 aromatic carbocycles. The highest BCUT2D eigenvalue weighted by Gasteiger charge is 2.07. The van der Waals surface area contributed by atoms with Crippen LogP contribution in [0.1, 0.15) is 32.6 Å². The Morgan fingerprint density at radius 2 is 1.65 bits per heavy atom. The lowest BCUT2D eigenvalue weighted by Gasteiger charge is -2.12. The van der Waals surface area contributed by atoms with Crippen molar-refractivity contribution in [3.05, 3.63) is 64.2 Å². The van der Waals surface area contributed by atoms with E-state index in [9.17, 15) is 4.79 Å². The normalized spacial score (nSPS) is 10.3. The minimum Gasteiger partial charge on any atom is -0.399 e. The van der Waals surface area contributed by atoms with Crippen LogP contribution < -0.4 is 11.1 Å². The predicted molar refractivity (Wildman–Crippen MR) is 82.7 cm³/mol. The third kappa shape index (κ3) is 2.99. The van der Waals surface area contributed by atoms with Crippen LogP contribution in [0.2, 0.25) is 0 Å². The van der Waals surface area contributed by atoms with E-state index in [1.165, 1.54) is 16.7 Å². The molecule has 0 atom stereocenters. The zero-order valence-electron chi connectivity index (χ0n) is 12.2. The van der Waals surface area contributed by atoms with Gasteiger partial charge in [-0.25, -0.2) is 0 Å². The summed E-state index contributed by atoms with van der Waals surface area (Å²) in [6, 6.07) is 11.1. The number of anilines is 1. The molecule has 0 aliphatic heterocycles. The van der Waals surface area contributed by atoms with Gasteiger partial charge in [-0.3, -0.25) is 4.79 Å². The van der Waals surface area contributed by atoms with Gasteiger partial charge in [0.15, 0.2) is 0 Å². The molecule has 0 aliphatic carbocycles. The maximum Gasteiger partial charge on any atom is 0.251 e. The van der Waals surface area contributed by atoms with Crippen LogP contribution >= 0.6 is 0 Å². The summed E-state index contributed by atoms with van der Waals surface area (Å²) in [5.41, 5.74) is 11.8. The monoisotopic (exact) mass is 268 g/mol. The molecule has 0 saturated heterocycles. The second-order valence-corrected chi connectivity index (χ2v) is 5.10. The molecule has 0 heterocycles. The molecule has 0 unspecified atom stereocenters. The molecule has 0 radical (unpaired) electrons. The molecule has 1 amide bonds. The Bertz CT molecular complexity index is 630. The Labute approximate surface area is 119 Å². The second kappa shape index (κ2) is 5.78. The Morgan fingerprint density at radius 1 is 1.00 bits per heavy atom. The van der Waals surface area contributed by atoms with Crippen molar-refractivity contribution in [2.24, 2.45) is 0 Å². The average Bonchev–Trinajstić information content (AvgIpc) is 2.44. The van der Waals surface area contributed by atoms with Crippen molar-refractivity contribution in [3.63, 3.8) is 0 Å². The Morgan fingerprint density at radius 3 is 2.30 bits per heavy atom. The highest BCUT2D eigenvalue weighted by molar-refractivity contribution is 5.94. The molecule has 2 rings (SSSR count). The fourth-order valence-electron chi connectivity index (χ4n) is 2.12. The molecule has 3 heteroatoms. The van der Waals surface area contributed by atoms with Crippen LogP contribution in [0.15, 0.2) is 36.4 Å². The molecule has 0 aromatic heterocycles. The number of nitrogens with two attached hydrogens (primary N) is 1. The van der Waals surface area contributed by atoms with E-state index in [1.54, 1.807) is 24.3 Å². The van der Waals surface area contributed by atoms with E-state index >= 15 is 0 Å². The molecule has 2 aromatic rings. The number of rotatable bonds is 3. The molecule has 0 aliphatic rings. The van der Waals surface area contributed by atoms with E-state index in [2.05, 4.69) is 38.2 Å². The molecule has 104 valence electrons.